The monoisotopic (exact) mass is 238 g/mol. The molecule has 0 heterocycles. The van der Waals surface area contributed by atoms with Crippen molar-refractivity contribution in [3.8, 4) is 16.9 Å². The zero-order valence-electron chi connectivity index (χ0n) is 10.7. The average molecular weight is 238 g/mol. The summed E-state index contributed by atoms with van der Waals surface area (Å²) in [5, 5.41) is 9.58. The van der Waals surface area contributed by atoms with Gasteiger partial charge in [0.25, 0.3) is 0 Å². The molecule has 1 heteroatoms. The summed E-state index contributed by atoms with van der Waals surface area (Å²) in [5.74, 6) is 1.14. The van der Waals surface area contributed by atoms with Crippen LogP contribution in [0.3, 0.4) is 0 Å². The van der Waals surface area contributed by atoms with Crippen molar-refractivity contribution in [1.82, 2.24) is 0 Å². The van der Waals surface area contributed by atoms with Crippen LogP contribution in [0, 0.1) is 6.92 Å². The van der Waals surface area contributed by atoms with Crippen LogP contribution in [0.15, 0.2) is 42.5 Å². The predicted molar refractivity (Wildman–Crippen MR) is 74.9 cm³/mol. The third kappa shape index (κ3) is 2.01. The highest BCUT2D eigenvalue weighted by molar-refractivity contribution is 5.66. The number of aromatic hydroxyl groups is 1. The number of phenolic OH excluding ortho intramolecular Hbond substituents is 1. The molecule has 18 heavy (non-hydrogen) atoms. The molecule has 1 aliphatic carbocycles. The van der Waals surface area contributed by atoms with E-state index in [0.29, 0.717) is 5.75 Å². The molecular formula is C17H18O. The molecule has 0 unspecified atom stereocenters. The second-order valence-electron chi connectivity index (χ2n) is 5.25. The number of rotatable bonds is 2. The third-order valence-electron chi connectivity index (χ3n) is 3.99. The van der Waals surface area contributed by atoms with Crippen LogP contribution in [-0.4, -0.2) is 5.11 Å². The van der Waals surface area contributed by atoms with Crippen LogP contribution in [0.2, 0.25) is 0 Å². The molecule has 3 rings (SSSR count). The Labute approximate surface area is 108 Å². The maximum absolute atomic E-state index is 9.58. The van der Waals surface area contributed by atoms with Crippen LogP contribution in [0.5, 0.6) is 5.75 Å². The number of hydrogen-bond donors (Lipinski definition) is 1. The van der Waals surface area contributed by atoms with Crippen molar-refractivity contribution in [2.24, 2.45) is 0 Å². The van der Waals surface area contributed by atoms with Crippen LogP contribution >= 0.6 is 0 Å². The van der Waals surface area contributed by atoms with Gasteiger partial charge in [-0.15, -0.1) is 0 Å². The molecule has 2 aromatic carbocycles. The highest BCUT2D eigenvalue weighted by Crippen LogP contribution is 2.37. The maximum atomic E-state index is 9.58. The van der Waals surface area contributed by atoms with Gasteiger partial charge in [-0.2, -0.15) is 0 Å². The Kier molecular flexibility index (Phi) is 2.83. The van der Waals surface area contributed by atoms with E-state index < -0.39 is 0 Å². The zero-order valence-corrected chi connectivity index (χ0v) is 10.7. The Hall–Kier alpha value is -1.76. The molecule has 0 aliphatic heterocycles. The molecule has 0 bridgehead atoms. The molecule has 0 saturated heterocycles. The van der Waals surface area contributed by atoms with Gasteiger partial charge < -0.3 is 5.11 Å². The number of aryl methyl sites for hydroxylation is 1. The van der Waals surface area contributed by atoms with Gasteiger partial charge in [-0.3, -0.25) is 0 Å². The Bertz CT molecular complexity index is 568. The lowest BCUT2D eigenvalue weighted by molar-refractivity contribution is 0.420. The van der Waals surface area contributed by atoms with E-state index in [0.717, 1.165) is 11.5 Å². The topological polar surface area (TPSA) is 20.2 Å². The van der Waals surface area contributed by atoms with Crippen molar-refractivity contribution in [2.75, 3.05) is 0 Å². The molecule has 92 valence electrons. The van der Waals surface area contributed by atoms with Gasteiger partial charge in [0.1, 0.15) is 5.75 Å². The molecule has 1 fully saturated rings. The molecule has 1 nitrogen and oxygen atoms in total. The van der Waals surface area contributed by atoms with Gasteiger partial charge in [0.2, 0.25) is 0 Å². The van der Waals surface area contributed by atoms with E-state index >= 15 is 0 Å². The fraction of sp³-hybridized carbons (Fsp3) is 0.294. The van der Waals surface area contributed by atoms with E-state index in [-0.39, 0.29) is 0 Å². The summed E-state index contributed by atoms with van der Waals surface area (Å²) in [4.78, 5) is 0. The molecule has 1 N–H and O–H groups in total. The van der Waals surface area contributed by atoms with Crippen molar-refractivity contribution < 1.29 is 5.11 Å². The lowest BCUT2D eigenvalue weighted by Gasteiger charge is -2.26. The summed E-state index contributed by atoms with van der Waals surface area (Å²) in [5.41, 5.74) is 4.83. The fourth-order valence-corrected chi connectivity index (χ4v) is 2.55. The summed E-state index contributed by atoms with van der Waals surface area (Å²) in [6, 6.07) is 14.6. The number of benzene rings is 2. The highest BCUT2D eigenvalue weighted by Gasteiger charge is 2.19. The van der Waals surface area contributed by atoms with Gasteiger partial charge in [0.15, 0.2) is 0 Å². The zero-order chi connectivity index (χ0) is 12.5. The maximum Gasteiger partial charge on any atom is 0.118 e. The number of hydrogen-bond acceptors (Lipinski definition) is 1. The van der Waals surface area contributed by atoms with E-state index in [2.05, 4.69) is 30.3 Å². The van der Waals surface area contributed by atoms with Gasteiger partial charge in [0, 0.05) is 0 Å². The third-order valence-corrected chi connectivity index (χ3v) is 3.99. The molecular weight excluding hydrogens is 220 g/mol. The van der Waals surface area contributed by atoms with Gasteiger partial charge >= 0.3 is 0 Å². The Morgan fingerprint density at radius 3 is 2.44 bits per heavy atom. The van der Waals surface area contributed by atoms with E-state index in [1.165, 1.54) is 36.0 Å². The Balaban J connectivity index is 1.97. The van der Waals surface area contributed by atoms with Gasteiger partial charge in [-0.25, -0.2) is 0 Å². The first kappa shape index (κ1) is 11.3. The fourth-order valence-electron chi connectivity index (χ4n) is 2.55. The highest BCUT2D eigenvalue weighted by atomic mass is 16.3. The predicted octanol–water partition coefficient (Wildman–Crippen LogP) is 4.64. The smallest absolute Gasteiger partial charge is 0.118 e. The summed E-state index contributed by atoms with van der Waals surface area (Å²) >= 11 is 0. The normalized spacial score (nSPS) is 15.4. The lowest BCUT2D eigenvalue weighted by atomic mass is 9.79. The minimum absolute atomic E-state index is 0.369. The number of phenols is 1. The second-order valence-corrected chi connectivity index (χ2v) is 5.25. The minimum Gasteiger partial charge on any atom is -0.508 e. The van der Waals surface area contributed by atoms with Gasteiger partial charge in [-0.1, -0.05) is 36.8 Å². The average Bonchev–Trinajstić information content (AvgIpc) is 2.31. The molecule has 1 aliphatic rings. The summed E-state index contributed by atoms with van der Waals surface area (Å²) in [6.45, 7) is 1.94. The first-order chi connectivity index (χ1) is 8.74. The van der Waals surface area contributed by atoms with E-state index in [1.807, 2.05) is 13.0 Å². The molecule has 0 spiro atoms. The van der Waals surface area contributed by atoms with Crippen LogP contribution in [0.25, 0.3) is 11.1 Å². The molecule has 0 atom stereocenters. The molecule has 0 amide bonds. The van der Waals surface area contributed by atoms with E-state index in [9.17, 15) is 5.11 Å². The van der Waals surface area contributed by atoms with Crippen molar-refractivity contribution in [3.63, 3.8) is 0 Å². The summed E-state index contributed by atoms with van der Waals surface area (Å²) in [6.07, 6.45) is 4.03. The largest absolute Gasteiger partial charge is 0.508 e. The van der Waals surface area contributed by atoms with Crippen LogP contribution in [-0.2, 0) is 0 Å². The molecule has 0 aromatic heterocycles. The first-order valence-electron chi connectivity index (χ1n) is 6.64. The quantitative estimate of drug-likeness (QED) is 0.808. The summed E-state index contributed by atoms with van der Waals surface area (Å²) in [7, 11) is 0. The van der Waals surface area contributed by atoms with Crippen molar-refractivity contribution >= 4 is 0 Å². The SMILES string of the molecule is Cc1cc(-c2cccc(C3CCC3)c2)ccc1O. The van der Waals surface area contributed by atoms with Crippen LogP contribution in [0.4, 0.5) is 0 Å². The molecule has 0 radical (unpaired) electrons. The van der Waals surface area contributed by atoms with E-state index in [4.69, 9.17) is 0 Å². The Morgan fingerprint density at radius 2 is 1.78 bits per heavy atom. The standard InChI is InChI=1S/C17H18O/c1-12-10-16(8-9-17(12)18)15-7-3-6-14(11-15)13-4-2-5-13/h3,6-11,13,18H,2,4-5H2,1H3. The van der Waals surface area contributed by atoms with Gasteiger partial charge in [0.05, 0.1) is 0 Å². The van der Waals surface area contributed by atoms with Crippen molar-refractivity contribution in [3.05, 3.63) is 53.6 Å². The van der Waals surface area contributed by atoms with Crippen molar-refractivity contribution in [1.29, 1.82) is 0 Å². The van der Waals surface area contributed by atoms with Gasteiger partial charge in [-0.05, 0) is 60.1 Å². The molecule has 1 saturated carbocycles. The van der Waals surface area contributed by atoms with Crippen LogP contribution < -0.4 is 0 Å². The first-order valence-corrected chi connectivity index (χ1v) is 6.64. The Morgan fingerprint density at radius 1 is 1.00 bits per heavy atom. The minimum atomic E-state index is 0.369. The lowest BCUT2D eigenvalue weighted by Crippen LogP contribution is -2.08. The second kappa shape index (κ2) is 4.49. The van der Waals surface area contributed by atoms with Crippen LogP contribution in [0.1, 0.15) is 36.3 Å². The van der Waals surface area contributed by atoms with Crippen molar-refractivity contribution in [2.45, 2.75) is 32.1 Å². The molecule has 2 aromatic rings. The summed E-state index contributed by atoms with van der Waals surface area (Å²) < 4.78 is 0. The van der Waals surface area contributed by atoms with E-state index in [1.54, 1.807) is 6.07 Å².